The lowest BCUT2D eigenvalue weighted by molar-refractivity contribution is -0.117. The van der Waals surface area contributed by atoms with Gasteiger partial charge in [-0.15, -0.1) is 11.8 Å². The zero-order valence-electron chi connectivity index (χ0n) is 18.3. The van der Waals surface area contributed by atoms with E-state index in [0.717, 1.165) is 39.0 Å². The number of rotatable bonds is 6. The van der Waals surface area contributed by atoms with Crippen molar-refractivity contribution in [1.29, 1.82) is 5.41 Å². The zero-order chi connectivity index (χ0) is 23.8. The Morgan fingerprint density at radius 1 is 1.06 bits per heavy atom. The first-order chi connectivity index (χ1) is 16.4. The molecule has 0 aromatic heterocycles. The summed E-state index contributed by atoms with van der Waals surface area (Å²) in [4.78, 5) is 28.0. The SMILES string of the molecule is N=C(N)c1ccc2c(c1)N(Cc1ccc(C(N)=O)cc1)C(C(=O)Nc1ccc3c(c1)SCN3)C2. The number of primary amides is 1. The number of hydrogen-bond acceptors (Lipinski definition) is 6. The molecule has 34 heavy (non-hydrogen) atoms. The fraction of sp³-hybridized carbons (Fsp3) is 0.160. The molecule has 7 N–H and O–H groups in total. The summed E-state index contributed by atoms with van der Waals surface area (Å²) in [5, 5.41) is 14.2. The topological polar surface area (TPSA) is 137 Å². The van der Waals surface area contributed by atoms with Crippen LogP contribution in [0.15, 0.2) is 65.6 Å². The fourth-order valence-corrected chi connectivity index (χ4v) is 5.23. The predicted molar refractivity (Wildman–Crippen MR) is 136 cm³/mol. The number of carbonyl (C=O) groups is 2. The molecular formula is C25H24N6O2S. The van der Waals surface area contributed by atoms with Crippen LogP contribution in [0.5, 0.6) is 0 Å². The molecule has 5 rings (SSSR count). The summed E-state index contributed by atoms with van der Waals surface area (Å²) >= 11 is 1.70. The first kappa shape index (κ1) is 21.8. The van der Waals surface area contributed by atoms with Crippen molar-refractivity contribution in [3.05, 3.63) is 82.9 Å². The number of thioether (sulfide) groups is 1. The van der Waals surface area contributed by atoms with Gasteiger partial charge in [0.15, 0.2) is 0 Å². The molecule has 0 saturated carbocycles. The van der Waals surface area contributed by atoms with Crippen molar-refractivity contribution in [2.45, 2.75) is 23.9 Å². The number of nitrogens with zero attached hydrogens (tertiary/aromatic N) is 1. The van der Waals surface area contributed by atoms with E-state index in [1.54, 1.807) is 23.9 Å². The highest BCUT2D eigenvalue weighted by Gasteiger charge is 2.35. The van der Waals surface area contributed by atoms with Crippen molar-refractivity contribution in [1.82, 2.24) is 0 Å². The van der Waals surface area contributed by atoms with E-state index in [1.165, 1.54) is 0 Å². The lowest BCUT2D eigenvalue weighted by Gasteiger charge is -2.27. The normalized spacial score (nSPS) is 15.9. The Labute approximate surface area is 201 Å². The van der Waals surface area contributed by atoms with E-state index in [-0.39, 0.29) is 11.7 Å². The third-order valence-corrected chi connectivity index (χ3v) is 7.07. The fourth-order valence-electron chi connectivity index (χ4n) is 4.34. The molecule has 0 fully saturated rings. The average Bonchev–Trinajstić information content (AvgIpc) is 3.43. The highest BCUT2D eigenvalue weighted by atomic mass is 32.2. The molecule has 2 aliphatic heterocycles. The molecular weight excluding hydrogens is 448 g/mol. The summed E-state index contributed by atoms with van der Waals surface area (Å²) in [5.74, 6) is 0.214. The molecule has 2 aliphatic rings. The molecule has 2 heterocycles. The van der Waals surface area contributed by atoms with Gasteiger partial charge in [-0.1, -0.05) is 24.3 Å². The van der Waals surface area contributed by atoms with Crippen LogP contribution >= 0.6 is 11.8 Å². The molecule has 2 amide bonds. The minimum Gasteiger partial charge on any atom is -0.384 e. The number of amides is 2. The molecule has 172 valence electrons. The number of nitrogen functional groups attached to an aromatic ring is 1. The molecule has 3 aromatic carbocycles. The summed E-state index contributed by atoms with van der Waals surface area (Å²) in [6.45, 7) is 0.454. The Kier molecular flexibility index (Phi) is 5.62. The van der Waals surface area contributed by atoms with Crippen LogP contribution in [0.3, 0.4) is 0 Å². The van der Waals surface area contributed by atoms with Gasteiger partial charge in [-0.05, 0) is 47.5 Å². The van der Waals surface area contributed by atoms with Gasteiger partial charge in [0.2, 0.25) is 11.8 Å². The maximum atomic E-state index is 13.4. The molecule has 3 aromatic rings. The van der Waals surface area contributed by atoms with Crippen molar-refractivity contribution < 1.29 is 9.59 Å². The Morgan fingerprint density at radius 3 is 2.56 bits per heavy atom. The van der Waals surface area contributed by atoms with E-state index in [4.69, 9.17) is 16.9 Å². The molecule has 1 unspecified atom stereocenters. The Hall–Kier alpha value is -3.98. The van der Waals surface area contributed by atoms with Gasteiger partial charge in [0.25, 0.3) is 0 Å². The van der Waals surface area contributed by atoms with Crippen molar-refractivity contribution in [2.24, 2.45) is 11.5 Å². The smallest absolute Gasteiger partial charge is 0.248 e. The van der Waals surface area contributed by atoms with Gasteiger partial charge in [-0.25, -0.2) is 0 Å². The molecule has 0 spiro atoms. The van der Waals surface area contributed by atoms with Crippen LogP contribution in [-0.4, -0.2) is 29.6 Å². The molecule has 1 atom stereocenters. The van der Waals surface area contributed by atoms with Crippen LogP contribution < -0.4 is 27.0 Å². The first-order valence-corrected chi connectivity index (χ1v) is 11.8. The van der Waals surface area contributed by atoms with E-state index in [9.17, 15) is 9.59 Å². The van der Waals surface area contributed by atoms with Crippen molar-refractivity contribution >= 4 is 46.5 Å². The molecule has 9 heteroatoms. The average molecular weight is 473 g/mol. The quantitative estimate of drug-likeness (QED) is 0.276. The van der Waals surface area contributed by atoms with E-state index < -0.39 is 11.9 Å². The number of nitrogens with one attached hydrogen (secondary N) is 3. The van der Waals surface area contributed by atoms with Gasteiger partial charge in [-0.2, -0.15) is 0 Å². The third-order valence-electron chi connectivity index (χ3n) is 6.13. The molecule has 0 radical (unpaired) electrons. The highest BCUT2D eigenvalue weighted by Crippen LogP contribution is 2.37. The lowest BCUT2D eigenvalue weighted by atomic mass is 10.1. The summed E-state index contributed by atoms with van der Waals surface area (Å²) in [7, 11) is 0. The number of benzene rings is 3. The van der Waals surface area contributed by atoms with E-state index in [0.29, 0.717) is 24.1 Å². The van der Waals surface area contributed by atoms with Gasteiger partial charge < -0.3 is 27.0 Å². The summed E-state index contributed by atoms with van der Waals surface area (Å²) in [5.41, 5.74) is 16.8. The van der Waals surface area contributed by atoms with E-state index >= 15 is 0 Å². The van der Waals surface area contributed by atoms with E-state index in [2.05, 4.69) is 10.6 Å². The molecule has 8 nitrogen and oxygen atoms in total. The minimum atomic E-state index is -0.482. The Morgan fingerprint density at radius 2 is 1.82 bits per heavy atom. The van der Waals surface area contributed by atoms with Crippen molar-refractivity contribution in [2.75, 3.05) is 21.4 Å². The van der Waals surface area contributed by atoms with Crippen LogP contribution in [0.1, 0.15) is 27.0 Å². The van der Waals surface area contributed by atoms with E-state index in [1.807, 2.05) is 53.4 Å². The van der Waals surface area contributed by atoms with Gasteiger partial charge in [0.1, 0.15) is 11.9 Å². The number of fused-ring (bicyclic) bond motifs is 2. The lowest BCUT2D eigenvalue weighted by Crippen LogP contribution is -2.41. The molecule has 0 bridgehead atoms. The number of amidine groups is 1. The maximum absolute atomic E-state index is 13.4. The predicted octanol–water partition coefficient (Wildman–Crippen LogP) is 3.11. The van der Waals surface area contributed by atoms with Gasteiger partial charge in [0, 0.05) is 46.1 Å². The van der Waals surface area contributed by atoms with Gasteiger partial charge >= 0.3 is 0 Å². The van der Waals surface area contributed by atoms with Crippen molar-refractivity contribution in [3.63, 3.8) is 0 Å². The van der Waals surface area contributed by atoms with Gasteiger partial charge in [0.05, 0.1) is 5.88 Å². The van der Waals surface area contributed by atoms with Gasteiger partial charge in [-0.3, -0.25) is 15.0 Å². The largest absolute Gasteiger partial charge is 0.384 e. The monoisotopic (exact) mass is 472 g/mol. The molecule has 0 saturated heterocycles. The number of hydrogen-bond donors (Lipinski definition) is 5. The number of nitrogens with two attached hydrogens (primary N) is 2. The maximum Gasteiger partial charge on any atom is 0.248 e. The molecule has 0 aliphatic carbocycles. The summed E-state index contributed by atoms with van der Waals surface area (Å²) in [6.07, 6.45) is 0.542. The van der Waals surface area contributed by atoms with Crippen molar-refractivity contribution in [3.8, 4) is 0 Å². The standard InChI is InChI=1S/C25H24N6O2S/c26-23(27)17-6-5-16-9-21(25(33)30-18-7-8-19-22(11-18)34-13-29-19)31(20(16)10-17)12-14-1-3-15(4-2-14)24(28)32/h1-8,10-11,21,29H,9,12-13H2,(H3,26,27)(H2,28,32)(H,30,33). The van der Waals surface area contributed by atoms with Crippen LogP contribution in [0.2, 0.25) is 0 Å². The minimum absolute atomic E-state index is 0.0225. The number of anilines is 3. The summed E-state index contributed by atoms with van der Waals surface area (Å²) in [6, 6.07) is 18.1. The highest BCUT2D eigenvalue weighted by molar-refractivity contribution is 7.99. The Balaban J connectivity index is 1.44. The van der Waals surface area contributed by atoms with Crippen LogP contribution in [0, 0.1) is 5.41 Å². The van der Waals surface area contributed by atoms with Crippen LogP contribution in [0.25, 0.3) is 0 Å². The van der Waals surface area contributed by atoms with Crippen LogP contribution in [-0.2, 0) is 17.8 Å². The first-order valence-electron chi connectivity index (χ1n) is 10.8. The number of carbonyl (C=O) groups excluding carboxylic acids is 2. The second-order valence-electron chi connectivity index (χ2n) is 8.33. The second kappa shape index (κ2) is 8.75. The Bertz CT molecular complexity index is 1310. The second-order valence-corrected chi connectivity index (χ2v) is 9.35. The summed E-state index contributed by atoms with van der Waals surface area (Å²) < 4.78 is 0. The van der Waals surface area contributed by atoms with Crippen LogP contribution in [0.4, 0.5) is 17.1 Å². The zero-order valence-corrected chi connectivity index (χ0v) is 19.1. The third kappa shape index (κ3) is 4.17.